The van der Waals surface area contributed by atoms with E-state index in [9.17, 15) is 5.11 Å². The molecule has 0 fully saturated rings. The number of nitrogens with zero attached hydrogens (tertiary/aromatic N) is 3. The Labute approximate surface area is 126 Å². The molecule has 0 saturated heterocycles. The fourth-order valence-electron chi connectivity index (χ4n) is 2.89. The maximum Gasteiger partial charge on any atom is 0.152 e. The van der Waals surface area contributed by atoms with E-state index in [1.807, 2.05) is 31.4 Å². The highest BCUT2D eigenvalue weighted by atomic mass is 16.3. The molecule has 0 aliphatic carbocycles. The maximum atomic E-state index is 9.44. The Balaban J connectivity index is 2.52. The molecule has 0 atom stereocenters. The first-order valence-electron chi connectivity index (χ1n) is 7.74. The Morgan fingerprint density at radius 3 is 2.71 bits per heavy atom. The van der Waals surface area contributed by atoms with Crippen LogP contribution in [0.5, 0.6) is 0 Å². The van der Waals surface area contributed by atoms with Crippen LogP contribution >= 0.6 is 0 Å². The topological polar surface area (TPSA) is 52.8 Å². The molecule has 2 aromatic rings. The number of anilines is 1. The quantitative estimate of drug-likeness (QED) is 0.781. The molecule has 21 heavy (non-hydrogen) atoms. The van der Waals surface area contributed by atoms with Crippen molar-refractivity contribution in [3.63, 3.8) is 0 Å². The lowest BCUT2D eigenvalue weighted by molar-refractivity contribution is 0.295. The third kappa shape index (κ3) is 3.19. The highest BCUT2D eigenvalue weighted by Crippen LogP contribution is 2.25. The second-order valence-electron chi connectivity index (χ2n) is 5.23. The zero-order valence-corrected chi connectivity index (χ0v) is 13.2. The summed E-state index contributed by atoms with van der Waals surface area (Å²) >= 11 is 0. The van der Waals surface area contributed by atoms with E-state index in [-0.39, 0.29) is 6.61 Å². The zero-order valence-electron chi connectivity index (χ0n) is 13.2. The van der Waals surface area contributed by atoms with Gasteiger partial charge in [-0.05, 0) is 32.0 Å². The highest BCUT2D eigenvalue weighted by molar-refractivity contribution is 5.56. The normalized spacial score (nSPS) is 11.5. The van der Waals surface area contributed by atoms with Crippen LogP contribution in [0.1, 0.15) is 32.4 Å². The number of fused-ring (bicyclic) bond motifs is 1. The number of imidazole rings is 1. The second kappa shape index (κ2) is 7.43. The molecule has 0 radical (unpaired) electrons. The summed E-state index contributed by atoms with van der Waals surface area (Å²) in [6, 6.07) is 6.44. The van der Waals surface area contributed by atoms with Crippen molar-refractivity contribution < 1.29 is 5.11 Å². The number of aliphatic hydroxyl groups excluding tert-OH is 1. The summed E-state index contributed by atoms with van der Waals surface area (Å²) in [5, 5.41) is 12.7. The Morgan fingerprint density at radius 2 is 2.10 bits per heavy atom. The highest BCUT2D eigenvalue weighted by Gasteiger charge is 2.22. The number of aromatic nitrogens is 2. The van der Waals surface area contributed by atoms with Gasteiger partial charge in [0.1, 0.15) is 5.65 Å². The van der Waals surface area contributed by atoms with Crippen molar-refractivity contribution >= 4 is 11.5 Å². The molecule has 0 spiro atoms. The first-order chi connectivity index (χ1) is 10.3. The standard InChI is InChI=1S/C16H26N4O/c1-4-13(5-2)19(10-11-21)16-14(12-17-3)20-9-7-6-8-15(20)18-16/h6-9,13,17,21H,4-5,10-12H2,1-3H3. The molecular formula is C16H26N4O. The van der Waals surface area contributed by atoms with Crippen molar-refractivity contribution in [1.82, 2.24) is 14.7 Å². The maximum absolute atomic E-state index is 9.44. The lowest BCUT2D eigenvalue weighted by atomic mass is 10.1. The minimum Gasteiger partial charge on any atom is -0.395 e. The predicted octanol–water partition coefficient (Wildman–Crippen LogP) is 2.04. The molecule has 5 heteroatoms. The van der Waals surface area contributed by atoms with E-state index in [1.54, 1.807) is 0 Å². The molecule has 2 rings (SSSR count). The SMILES string of the molecule is CCC(CC)N(CCO)c1nc2ccccn2c1CNC. The summed E-state index contributed by atoms with van der Waals surface area (Å²) in [4.78, 5) is 7.05. The smallest absolute Gasteiger partial charge is 0.152 e. The van der Waals surface area contributed by atoms with Crippen LogP contribution < -0.4 is 10.2 Å². The van der Waals surface area contributed by atoms with E-state index in [0.717, 1.165) is 36.5 Å². The van der Waals surface area contributed by atoms with Crippen LogP contribution in [0.25, 0.3) is 5.65 Å². The van der Waals surface area contributed by atoms with Gasteiger partial charge in [0, 0.05) is 25.3 Å². The molecule has 2 heterocycles. The van der Waals surface area contributed by atoms with Gasteiger partial charge in [-0.25, -0.2) is 4.98 Å². The molecule has 0 saturated carbocycles. The summed E-state index contributed by atoms with van der Waals surface area (Å²) in [5.41, 5.74) is 2.10. The van der Waals surface area contributed by atoms with E-state index in [1.165, 1.54) is 0 Å². The molecule has 0 unspecified atom stereocenters. The molecule has 2 N–H and O–H groups in total. The zero-order chi connectivity index (χ0) is 15.2. The second-order valence-corrected chi connectivity index (χ2v) is 5.23. The summed E-state index contributed by atoms with van der Waals surface area (Å²) in [6.07, 6.45) is 4.13. The number of aliphatic hydroxyl groups is 1. The van der Waals surface area contributed by atoms with Crippen LogP contribution in [-0.2, 0) is 6.54 Å². The van der Waals surface area contributed by atoms with Gasteiger partial charge in [0.15, 0.2) is 5.82 Å². The molecule has 2 aromatic heterocycles. The summed E-state index contributed by atoms with van der Waals surface area (Å²) in [5.74, 6) is 0.985. The molecule has 5 nitrogen and oxygen atoms in total. The van der Waals surface area contributed by atoms with Gasteiger partial charge in [-0.15, -0.1) is 0 Å². The Morgan fingerprint density at radius 1 is 1.33 bits per heavy atom. The van der Waals surface area contributed by atoms with Crippen LogP contribution in [0.4, 0.5) is 5.82 Å². The largest absolute Gasteiger partial charge is 0.395 e. The van der Waals surface area contributed by atoms with E-state index in [0.29, 0.717) is 12.6 Å². The fourth-order valence-corrected chi connectivity index (χ4v) is 2.89. The van der Waals surface area contributed by atoms with Crippen LogP contribution in [0, 0.1) is 0 Å². The van der Waals surface area contributed by atoms with E-state index in [2.05, 4.69) is 28.5 Å². The van der Waals surface area contributed by atoms with E-state index < -0.39 is 0 Å². The number of rotatable bonds is 8. The van der Waals surface area contributed by atoms with Gasteiger partial charge in [0.25, 0.3) is 0 Å². The molecule has 0 aliphatic rings. The van der Waals surface area contributed by atoms with Gasteiger partial charge in [-0.3, -0.25) is 0 Å². The van der Waals surface area contributed by atoms with Gasteiger partial charge in [0.2, 0.25) is 0 Å². The Kier molecular flexibility index (Phi) is 5.59. The van der Waals surface area contributed by atoms with Crippen molar-refractivity contribution in [3.8, 4) is 0 Å². The number of hydrogen-bond acceptors (Lipinski definition) is 4. The summed E-state index contributed by atoms with van der Waals surface area (Å²) in [7, 11) is 1.94. The van der Waals surface area contributed by atoms with E-state index >= 15 is 0 Å². The summed E-state index contributed by atoms with van der Waals surface area (Å²) in [6.45, 7) is 5.89. The van der Waals surface area contributed by atoms with Gasteiger partial charge < -0.3 is 19.7 Å². The molecule has 0 aromatic carbocycles. The molecule has 0 bridgehead atoms. The van der Waals surface area contributed by atoms with Crippen molar-refractivity contribution in [2.75, 3.05) is 25.1 Å². The van der Waals surface area contributed by atoms with Crippen molar-refractivity contribution in [2.24, 2.45) is 0 Å². The minimum absolute atomic E-state index is 0.142. The lowest BCUT2D eigenvalue weighted by Crippen LogP contribution is -2.38. The first kappa shape index (κ1) is 15.8. The van der Waals surface area contributed by atoms with Crippen molar-refractivity contribution in [2.45, 2.75) is 39.3 Å². The van der Waals surface area contributed by atoms with Crippen LogP contribution in [0.2, 0.25) is 0 Å². The van der Waals surface area contributed by atoms with Crippen LogP contribution in [0.15, 0.2) is 24.4 Å². The monoisotopic (exact) mass is 290 g/mol. The van der Waals surface area contributed by atoms with Gasteiger partial charge in [-0.2, -0.15) is 0 Å². The van der Waals surface area contributed by atoms with E-state index in [4.69, 9.17) is 4.98 Å². The average molecular weight is 290 g/mol. The predicted molar refractivity (Wildman–Crippen MR) is 86.8 cm³/mol. The first-order valence-corrected chi connectivity index (χ1v) is 7.74. The Bertz CT molecular complexity index is 562. The lowest BCUT2D eigenvalue weighted by Gasteiger charge is -2.31. The minimum atomic E-state index is 0.142. The van der Waals surface area contributed by atoms with Gasteiger partial charge >= 0.3 is 0 Å². The number of pyridine rings is 1. The van der Waals surface area contributed by atoms with Crippen LogP contribution in [0.3, 0.4) is 0 Å². The number of nitrogens with one attached hydrogen (secondary N) is 1. The molecule has 0 aliphatic heterocycles. The molecular weight excluding hydrogens is 264 g/mol. The van der Waals surface area contributed by atoms with Gasteiger partial charge in [0.05, 0.1) is 12.3 Å². The van der Waals surface area contributed by atoms with Gasteiger partial charge in [-0.1, -0.05) is 19.9 Å². The summed E-state index contributed by atoms with van der Waals surface area (Å²) < 4.78 is 2.12. The van der Waals surface area contributed by atoms with Crippen LogP contribution in [-0.4, -0.2) is 40.7 Å². The average Bonchev–Trinajstić information content (AvgIpc) is 2.87. The third-order valence-electron chi connectivity index (χ3n) is 3.95. The van der Waals surface area contributed by atoms with Crippen molar-refractivity contribution in [1.29, 1.82) is 0 Å². The molecule has 116 valence electrons. The third-order valence-corrected chi connectivity index (χ3v) is 3.95. The fraction of sp³-hybridized carbons (Fsp3) is 0.562. The molecule has 0 amide bonds. The number of hydrogen-bond donors (Lipinski definition) is 2. The Hall–Kier alpha value is -1.59. The van der Waals surface area contributed by atoms with Crippen molar-refractivity contribution in [3.05, 3.63) is 30.1 Å².